The number of amides is 2. The molecule has 206 valence electrons. The van der Waals surface area contributed by atoms with Crippen LogP contribution in [0.5, 0.6) is 0 Å². The summed E-state index contributed by atoms with van der Waals surface area (Å²) >= 11 is 0. The van der Waals surface area contributed by atoms with Crippen LogP contribution in [0.25, 0.3) is 11.2 Å². The van der Waals surface area contributed by atoms with Crippen molar-refractivity contribution < 1.29 is 29.3 Å². The number of hydrogen-bond acceptors (Lipinski definition) is 10. The molecule has 13 nitrogen and oxygen atoms in total. The number of nitrogens with one attached hydrogen (secondary N) is 1. The van der Waals surface area contributed by atoms with Crippen LogP contribution in [0.1, 0.15) is 52.1 Å². The number of piperidine rings is 1. The summed E-state index contributed by atoms with van der Waals surface area (Å²) < 4.78 is 12.4. The first-order valence-corrected chi connectivity index (χ1v) is 12.9. The number of aliphatic hydroxyl groups is 2. The monoisotopic (exact) mass is 529 g/mol. The lowest BCUT2D eigenvalue weighted by molar-refractivity contribution is -0.137. The number of imidazole rings is 1. The number of ether oxygens (including phenoxy) is 2. The van der Waals surface area contributed by atoms with Crippen LogP contribution in [0.4, 0.5) is 10.6 Å². The van der Waals surface area contributed by atoms with Crippen molar-refractivity contribution in [2.75, 3.05) is 32.0 Å². The van der Waals surface area contributed by atoms with Crippen LogP contribution < -0.4 is 11.1 Å². The Balaban J connectivity index is 1.42. The molecule has 0 spiro atoms. The normalized spacial score (nSPS) is 23.9. The molecule has 0 aliphatic carbocycles. The molecule has 0 radical (unpaired) electrons. The van der Waals surface area contributed by atoms with Crippen molar-refractivity contribution >= 4 is 29.0 Å². The van der Waals surface area contributed by atoms with E-state index in [0.29, 0.717) is 50.0 Å². The van der Waals surface area contributed by atoms with Gasteiger partial charge in [0.25, 0.3) is 5.91 Å². The number of fused-ring (bicyclic) bond motifs is 1. The summed E-state index contributed by atoms with van der Waals surface area (Å²) in [6.45, 7) is 7.78. The number of nitrogen functional groups attached to an aromatic ring is 1. The summed E-state index contributed by atoms with van der Waals surface area (Å²) in [5.74, 6) is 6.46. The summed E-state index contributed by atoms with van der Waals surface area (Å²) in [6.07, 6.45) is -1.79. The number of likely N-dealkylation sites (tertiary alicyclic amines) is 1. The molecule has 2 aliphatic rings. The van der Waals surface area contributed by atoms with E-state index in [9.17, 15) is 19.8 Å². The van der Waals surface area contributed by atoms with Gasteiger partial charge in [0.05, 0.1) is 12.9 Å². The summed E-state index contributed by atoms with van der Waals surface area (Å²) in [5, 5.41) is 23.5. The number of nitrogens with two attached hydrogens (primary N) is 1. The molecule has 4 heterocycles. The number of rotatable bonds is 6. The molecule has 4 rings (SSSR count). The number of nitrogens with zero attached hydrogens (tertiary/aromatic N) is 5. The molecule has 4 unspecified atom stereocenters. The van der Waals surface area contributed by atoms with E-state index in [4.69, 9.17) is 15.2 Å². The topological polar surface area (TPSA) is 178 Å². The maximum absolute atomic E-state index is 12.2. The van der Waals surface area contributed by atoms with Crippen LogP contribution in [-0.4, -0.2) is 91.2 Å². The molecule has 4 atom stereocenters. The molecule has 5 N–H and O–H groups in total. The van der Waals surface area contributed by atoms with Crippen molar-refractivity contribution in [3.05, 3.63) is 12.2 Å². The minimum absolute atomic E-state index is 0.111. The summed E-state index contributed by atoms with van der Waals surface area (Å²) in [6, 6.07) is 0. The Morgan fingerprint density at radius 1 is 1.26 bits per heavy atom. The molecule has 2 aliphatic heterocycles. The number of carbonyl (C=O) groups is 2. The van der Waals surface area contributed by atoms with E-state index in [2.05, 4.69) is 32.1 Å². The van der Waals surface area contributed by atoms with Gasteiger partial charge in [-0.1, -0.05) is 19.8 Å². The molecule has 2 saturated heterocycles. The fourth-order valence-electron chi connectivity index (χ4n) is 4.48. The van der Waals surface area contributed by atoms with E-state index < -0.39 is 30.4 Å². The van der Waals surface area contributed by atoms with Gasteiger partial charge in [0, 0.05) is 26.1 Å². The van der Waals surface area contributed by atoms with Gasteiger partial charge in [0.1, 0.15) is 17.7 Å². The molecule has 13 heteroatoms. The lowest BCUT2D eigenvalue weighted by Gasteiger charge is -2.30. The molecular formula is C25H35N7O6. The van der Waals surface area contributed by atoms with E-state index >= 15 is 0 Å². The smallest absolute Gasteiger partial charge is 0.409 e. The van der Waals surface area contributed by atoms with Gasteiger partial charge >= 0.3 is 6.09 Å². The molecule has 2 aromatic heterocycles. The number of likely N-dealkylation sites (N-methyl/N-ethyl adjacent to an activating group) is 1. The minimum atomic E-state index is -1.43. The van der Waals surface area contributed by atoms with Crippen LogP contribution in [0.3, 0.4) is 0 Å². The lowest BCUT2D eigenvalue weighted by Crippen LogP contribution is -2.42. The van der Waals surface area contributed by atoms with E-state index in [-0.39, 0.29) is 23.4 Å². The first-order chi connectivity index (χ1) is 18.2. The third-order valence-electron chi connectivity index (χ3n) is 6.57. The fourth-order valence-corrected chi connectivity index (χ4v) is 4.48. The predicted octanol–water partition coefficient (Wildman–Crippen LogP) is 0.410. The Morgan fingerprint density at radius 3 is 2.68 bits per heavy atom. The van der Waals surface area contributed by atoms with Gasteiger partial charge in [0.2, 0.25) is 5.82 Å². The average molecular weight is 530 g/mol. The highest BCUT2D eigenvalue weighted by atomic mass is 16.6. The SMILES string of the molecule is CCNC(=O)C1OC(n2cnc3c(N)nc(C#CCC4CCN(C(=O)OCC(C)C)CC4)nc32)C(O)C1O. The largest absolute Gasteiger partial charge is 0.449 e. The van der Waals surface area contributed by atoms with E-state index in [1.165, 1.54) is 10.9 Å². The highest BCUT2D eigenvalue weighted by Gasteiger charge is 2.47. The van der Waals surface area contributed by atoms with Gasteiger partial charge in [-0.15, -0.1) is 0 Å². The molecule has 2 fully saturated rings. The van der Waals surface area contributed by atoms with Gasteiger partial charge in [0.15, 0.2) is 23.8 Å². The molecule has 0 aromatic carbocycles. The van der Waals surface area contributed by atoms with E-state index in [1.54, 1.807) is 11.8 Å². The molecule has 38 heavy (non-hydrogen) atoms. The Labute approximate surface area is 220 Å². The average Bonchev–Trinajstić information content (AvgIpc) is 3.44. The number of aliphatic hydroxyl groups excluding tert-OH is 2. The summed E-state index contributed by atoms with van der Waals surface area (Å²) in [5.41, 5.74) is 6.64. The maximum Gasteiger partial charge on any atom is 0.409 e. The predicted molar refractivity (Wildman–Crippen MR) is 136 cm³/mol. The van der Waals surface area contributed by atoms with Crippen molar-refractivity contribution in [1.29, 1.82) is 0 Å². The molecule has 2 aromatic rings. The zero-order chi connectivity index (χ0) is 27.4. The fraction of sp³-hybridized carbons (Fsp3) is 0.640. The van der Waals surface area contributed by atoms with E-state index in [0.717, 1.165) is 12.8 Å². The van der Waals surface area contributed by atoms with Gasteiger partial charge in [-0.25, -0.2) is 19.7 Å². The molecule has 0 bridgehead atoms. The van der Waals surface area contributed by atoms with Crippen LogP contribution in [-0.2, 0) is 14.3 Å². The minimum Gasteiger partial charge on any atom is -0.449 e. The van der Waals surface area contributed by atoms with Gasteiger partial charge in [-0.05, 0) is 37.5 Å². The highest BCUT2D eigenvalue weighted by Crippen LogP contribution is 2.32. The third kappa shape index (κ3) is 5.98. The third-order valence-corrected chi connectivity index (χ3v) is 6.57. The Morgan fingerprint density at radius 2 is 2.00 bits per heavy atom. The van der Waals surface area contributed by atoms with Crippen molar-refractivity contribution in [1.82, 2.24) is 29.7 Å². The van der Waals surface area contributed by atoms with Crippen molar-refractivity contribution in [2.45, 2.75) is 64.6 Å². The second-order valence-electron chi connectivity index (χ2n) is 9.99. The van der Waals surface area contributed by atoms with Gasteiger partial charge in [-0.2, -0.15) is 0 Å². The summed E-state index contributed by atoms with van der Waals surface area (Å²) in [7, 11) is 0. The Bertz CT molecular complexity index is 1210. The van der Waals surface area contributed by atoms with E-state index in [1.807, 2.05) is 13.8 Å². The zero-order valence-electron chi connectivity index (χ0n) is 21.8. The molecule has 0 saturated carbocycles. The van der Waals surface area contributed by atoms with Crippen molar-refractivity contribution in [2.24, 2.45) is 11.8 Å². The first-order valence-electron chi connectivity index (χ1n) is 12.9. The second-order valence-corrected chi connectivity index (χ2v) is 9.99. The van der Waals surface area contributed by atoms with Crippen molar-refractivity contribution in [3.63, 3.8) is 0 Å². The Hall–Kier alpha value is -3.47. The number of carbonyl (C=O) groups excluding carboxylic acids is 2. The van der Waals surface area contributed by atoms with Gasteiger partial charge < -0.3 is 35.6 Å². The second kappa shape index (κ2) is 11.9. The highest BCUT2D eigenvalue weighted by molar-refractivity contribution is 5.83. The van der Waals surface area contributed by atoms with Gasteiger partial charge in [-0.3, -0.25) is 9.36 Å². The molecular weight excluding hydrogens is 494 g/mol. The van der Waals surface area contributed by atoms with Crippen LogP contribution in [0.2, 0.25) is 0 Å². The van der Waals surface area contributed by atoms with Crippen LogP contribution in [0.15, 0.2) is 6.33 Å². The molecule has 2 amide bonds. The standard InChI is InChI=1S/C25H35N7O6/c1-4-27-23(35)20-18(33)19(34)24(38-20)32-13-28-17-21(26)29-16(30-22(17)32)7-5-6-15-8-10-31(11-9-15)25(36)37-12-14(2)3/h13-15,18-20,24,33-34H,4,6,8-12H2,1-3H3,(H,27,35)(H2,26,29,30). The van der Waals surface area contributed by atoms with Crippen molar-refractivity contribution in [3.8, 4) is 11.8 Å². The first kappa shape index (κ1) is 27.6. The zero-order valence-corrected chi connectivity index (χ0v) is 21.8. The quantitative estimate of drug-likeness (QED) is 0.383. The number of anilines is 1. The number of hydrogen-bond donors (Lipinski definition) is 4. The van der Waals surface area contributed by atoms with Crippen LogP contribution >= 0.6 is 0 Å². The maximum atomic E-state index is 12.2. The lowest BCUT2D eigenvalue weighted by atomic mass is 9.94. The van der Waals surface area contributed by atoms with Crippen LogP contribution in [0, 0.1) is 23.7 Å². The summed E-state index contributed by atoms with van der Waals surface area (Å²) in [4.78, 5) is 39.0. The Kier molecular flexibility index (Phi) is 8.65. The number of aromatic nitrogens is 4.